The first kappa shape index (κ1) is 17.5. The van der Waals surface area contributed by atoms with Crippen molar-refractivity contribution in [1.82, 2.24) is 15.3 Å². The van der Waals surface area contributed by atoms with Crippen LogP contribution in [0.4, 0.5) is 0 Å². The Labute approximate surface area is 149 Å². The van der Waals surface area contributed by atoms with E-state index in [1.807, 2.05) is 20.8 Å². The summed E-state index contributed by atoms with van der Waals surface area (Å²) >= 11 is 3.28. The molecule has 0 aromatic carbocycles. The highest BCUT2D eigenvalue weighted by molar-refractivity contribution is 7.98. The summed E-state index contributed by atoms with van der Waals surface area (Å²) in [6.07, 6.45) is 3.69. The van der Waals surface area contributed by atoms with E-state index in [1.54, 1.807) is 23.1 Å². The predicted octanol–water partition coefficient (Wildman–Crippen LogP) is 3.01. The third-order valence-corrected chi connectivity index (χ3v) is 6.01. The number of aromatic amines is 1. The van der Waals surface area contributed by atoms with Gasteiger partial charge in [-0.15, -0.1) is 11.3 Å². The molecular weight excluding hydrogens is 342 g/mol. The lowest BCUT2D eigenvalue weighted by molar-refractivity contribution is -0.122. The monoisotopic (exact) mass is 365 g/mol. The molecule has 5 nitrogen and oxygen atoms in total. The molecule has 0 bridgehead atoms. The number of carbonyl (C=O) groups is 1. The number of fused-ring (bicyclic) bond motifs is 3. The second-order valence-corrected chi connectivity index (χ2v) is 9.34. The molecule has 0 saturated carbocycles. The van der Waals surface area contributed by atoms with Crippen molar-refractivity contribution in [3.05, 3.63) is 26.6 Å². The Kier molecular flexibility index (Phi) is 5.01. The first-order valence-corrected chi connectivity index (χ1v) is 10.2. The van der Waals surface area contributed by atoms with Crippen LogP contribution in [0.25, 0.3) is 10.2 Å². The minimum Gasteiger partial charge on any atom is -0.351 e. The molecule has 0 unspecified atom stereocenters. The van der Waals surface area contributed by atoms with Crippen LogP contribution in [0.3, 0.4) is 0 Å². The number of carbonyl (C=O) groups excluding carboxylic acids is 1. The molecule has 24 heavy (non-hydrogen) atoms. The van der Waals surface area contributed by atoms with Crippen LogP contribution in [0.15, 0.2) is 4.79 Å². The highest BCUT2D eigenvalue weighted by atomic mass is 32.2. The van der Waals surface area contributed by atoms with Crippen LogP contribution in [0.5, 0.6) is 0 Å². The molecule has 2 aromatic rings. The summed E-state index contributed by atoms with van der Waals surface area (Å²) < 4.78 is 0. The summed E-state index contributed by atoms with van der Waals surface area (Å²) in [4.78, 5) is 33.9. The summed E-state index contributed by atoms with van der Waals surface area (Å²) in [5.41, 5.74) is 1.00. The number of aryl methyl sites for hydroxylation is 2. The summed E-state index contributed by atoms with van der Waals surface area (Å²) in [6.45, 7) is 5.92. The van der Waals surface area contributed by atoms with Crippen molar-refractivity contribution in [2.24, 2.45) is 0 Å². The van der Waals surface area contributed by atoms with Gasteiger partial charge in [-0.2, -0.15) is 11.8 Å². The SMILES string of the molecule is CC(C)(C)NC(=O)CCSCc1nc2sc3c(c2c(=O)[nH]1)CCC3. The average molecular weight is 366 g/mol. The number of hydrogen-bond acceptors (Lipinski definition) is 5. The fourth-order valence-corrected chi connectivity index (χ4v) is 5.01. The minimum absolute atomic E-state index is 0.0134. The number of amides is 1. The molecule has 0 aliphatic heterocycles. The Morgan fingerprint density at radius 3 is 2.92 bits per heavy atom. The lowest BCUT2D eigenvalue weighted by atomic mass is 10.1. The maximum atomic E-state index is 12.4. The van der Waals surface area contributed by atoms with Crippen LogP contribution in [0.1, 0.15) is 49.9 Å². The molecule has 1 aliphatic rings. The Bertz CT molecular complexity index is 818. The maximum Gasteiger partial charge on any atom is 0.259 e. The molecular formula is C17H23N3O2S2. The van der Waals surface area contributed by atoms with Gasteiger partial charge >= 0.3 is 0 Å². The number of H-pyrrole nitrogens is 1. The zero-order chi connectivity index (χ0) is 17.3. The van der Waals surface area contributed by atoms with Gasteiger partial charge in [0.25, 0.3) is 5.56 Å². The number of rotatable bonds is 5. The van der Waals surface area contributed by atoms with Crippen molar-refractivity contribution in [2.75, 3.05) is 5.75 Å². The molecule has 0 fully saturated rings. The largest absolute Gasteiger partial charge is 0.351 e. The van der Waals surface area contributed by atoms with Crippen LogP contribution >= 0.6 is 23.1 Å². The number of thioether (sulfide) groups is 1. The lowest BCUT2D eigenvalue weighted by Gasteiger charge is -2.20. The minimum atomic E-state index is -0.195. The van der Waals surface area contributed by atoms with Crippen LogP contribution in [0, 0.1) is 0 Å². The number of hydrogen-bond donors (Lipinski definition) is 2. The predicted molar refractivity (Wildman–Crippen MR) is 101 cm³/mol. The first-order valence-electron chi connectivity index (χ1n) is 8.26. The fraction of sp³-hybridized carbons (Fsp3) is 0.588. The molecule has 3 rings (SSSR count). The standard InChI is InChI=1S/C17H23N3O2S2/c1-17(2,3)20-13(21)7-8-23-9-12-18-15(22)14-10-5-4-6-11(10)24-16(14)19-12/h4-9H2,1-3H3,(H,20,21)(H,18,19,22). The maximum absolute atomic E-state index is 12.4. The molecule has 0 saturated heterocycles. The zero-order valence-electron chi connectivity index (χ0n) is 14.3. The molecule has 1 amide bonds. The Morgan fingerprint density at radius 2 is 2.17 bits per heavy atom. The molecule has 2 aromatic heterocycles. The van der Waals surface area contributed by atoms with Crippen LogP contribution in [-0.4, -0.2) is 27.2 Å². The van der Waals surface area contributed by atoms with Crippen molar-refractivity contribution < 1.29 is 4.79 Å². The summed E-state index contributed by atoms with van der Waals surface area (Å²) in [5, 5.41) is 3.75. The van der Waals surface area contributed by atoms with Crippen molar-refractivity contribution >= 4 is 39.2 Å². The van der Waals surface area contributed by atoms with Crippen LogP contribution in [-0.2, 0) is 23.4 Å². The number of thiophene rings is 1. The second-order valence-electron chi connectivity index (χ2n) is 7.15. The average Bonchev–Trinajstić information content (AvgIpc) is 3.01. The third-order valence-electron chi connectivity index (χ3n) is 3.85. The van der Waals surface area contributed by atoms with Gasteiger partial charge in [0.1, 0.15) is 10.7 Å². The van der Waals surface area contributed by atoms with E-state index in [9.17, 15) is 9.59 Å². The Hall–Kier alpha value is -1.34. The van der Waals surface area contributed by atoms with Crippen molar-refractivity contribution in [1.29, 1.82) is 0 Å². The summed E-state index contributed by atoms with van der Waals surface area (Å²) in [5.74, 6) is 2.09. The van der Waals surface area contributed by atoms with Gasteiger partial charge in [0.2, 0.25) is 5.91 Å². The van der Waals surface area contributed by atoms with Crippen LogP contribution < -0.4 is 10.9 Å². The molecule has 2 N–H and O–H groups in total. The third kappa shape index (κ3) is 4.00. The normalized spacial score (nSPS) is 14.1. The molecule has 0 spiro atoms. The van der Waals surface area contributed by atoms with E-state index in [4.69, 9.17) is 0 Å². The molecule has 0 atom stereocenters. The van der Waals surface area contributed by atoms with Gasteiger partial charge in [0.15, 0.2) is 0 Å². The molecule has 2 heterocycles. The number of nitrogens with one attached hydrogen (secondary N) is 2. The number of aromatic nitrogens is 2. The van der Waals surface area contributed by atoms with Crippen molar-refractivity contribution in [3.63, 3.8) is 0 Å². The van der Waals surface area contributed by atoms with E-state index in [0.717, 1.165) is 29.5 Å². The van der Waals surface area contributed by atoms with E-state index in [2.05, 4.69) is 15.3 Å². The van der Waals surface area contributed by atoms with E-state index in [0.29, 0.717) is 23.8 Å². The van der Waals surface area contributed by atoms with Crippen molar-refractivity contribution in [2.45, 2.75) is 57.7 Å². The smallest absolute Gasteiger partial charge is 0.259 e. The second kappa shape index (κ2) is 6.88. The fourth-order valence-electron chi connectivity index (χ4n) is 2.93. The van der Waals surface area contributed by atoms with Gasteiger partial charge in [-0.25, -0.2) is 4.98 Å². The topological polar surface area (TPSA) is 74.8 Å². The van der Waals surface area contributed by atoms with Gasteiger partial charge in [0.05, 0.1) is 11.1 Å². The van der Waals surface area contributed by atoms with Gasteiger partial charge in [-0.1, -0.05) is 0 Å². The first-order chi connectivity index (χ1) is 11.3. The van der Waals surface area contributed by atoms with E-state index in [-0.39, 0.29) is 17.0 Å². The summed E-state index contributed by atoms with van der Waals surface area (Å²) in [7, 11) is 0. The highest BCUT2D eigenvalue weighted by Crippen LogP contribution is 2.34. The Balaban J connectivity index is 1.59. The molecule has 7 heteroatoms. The van der Waals surface area contributed by atoms with Crippen molar-refractivity contribution in [3.8, 4) is 0 Å². The Morgan fingerprint density at radius 1 is 1.38 bits per heavy atom. The van der Waals surface area contributed by atoms with Gasteiger partial charge in [-0.05, 0) is 45.6 Å². The summed E-state index contributed by atoms with van der Waals surface area (Å²) in [6, 6.07) is 0. The van der Waals surface area contributed by atoms with E-state index in [1.165, 1.54) is 10.4 Å². The lowest BCUT2D eigenvalue weighted by Crippen LogP contribution is -2.40. The molecule has 0 radical (unpaired) electrons. The van der Waals surface area contributed by atoms with Gasteiger partial charge in [-0.3, -0.25) is 9.59 Å². The van der Waals surface area contributed by atoms with Gasteiger partial charge < -0.3 is 10.3 Å². The molecule has 1 aliphatic carbocycles. The van der Waals surface area contributed by atoms with E-state index >= 15 is 0 Å². The molecule has 130 valence electrons. The number of nitrogens with zero attached hydrogens (tertiary/aromatic N) is 1. The van der Waals surface area contributed by atoms with Crippen LogP contribution in [0.2, 0.25) is 0 Å². The zero-order valence-corrected chi connectivity index (χ0v) is 16.0. The highest BCUT2D eigenvalue weighted by Gasteiger charge is 2.21. The quantitative estimate of drug-likeness (QED) is 0.799. The van der Waals surface area contributed by atoms with E-state index < -0.39 is 0 Å². The van der Waals surface area contributed by atoms with Gasteiger partial charge in [0, 0.05) is 22.6 Å².